The van der Waals surface area contributed by atoms with Crippen LogP contribution in [-0.2, 0) is 4.79 Å². The molecule has 0 radical (unpaired) electrons. The van der Waals surface area contributed by atoms with Crippen LogP contribution in [-0.4, -0.2) is 15.7 Å². The van der Waals surface area contributed by atoms with Crippen LogP contribution >= 0.6 is 0 Å². The van der Waals surface area contributed by atoms with Gasteiger partial charge in [-0.05, 0) is 48.8 Å². The molecule has 3 aromatic rings. The number of carbonyl (C=O) groups excluding carboxylic acids is 1. The van der Waals surface area contributed by atoms with E-state index in [0.29, 0.717) is 12.3 Å². The van der Waals surface area contributed by atoms with Crippen LogP contribution in [0.3, 0.4) is 0 Å². The molecular weight excluding hydrogens is 372 g/mol. The molecule has 30 heavy (non-hydrogen) atoms. The molecule has 158 valence electrons. The van der Waals surface area contributed by atoms with Gasteiger partial charge in [0.25, 0.3) is 0 Å². The lowest BCUT2D eigenvalue weighted by molar-refractivity contribution is -0.135. The molecule has 0 N–H and O–H groups in total. The van der Waals surface area contributed by atoms with Crippen molar-refractivity contribution in [1.82, 2.24) is 9.78 Å². The highest BCUT2D eigenvalue weighted by atomic mass is 16.5. The highest BCUT2D eigenvalue weighted by Gasteiger charge is 2.21. The van der Waals surface area contributed by atoms with Gasteiger partial charge in [-0.25, -0.2) is 0 Å². The molecule has 0 spiro atoms. The van der Waals surface area contributed by atoms with Crippen LogP contribution in [0, 0.1) is 25.2 Å². The van der Waals surface area contributed by atoms with Gasteiger partial charge in [0.05, 0.1) is 11.4 Å². The van der Waals surface area contributed by atoms with Crippen molar-refractivity contribution in [3.05, 3.63) is 65.7 Å². The number of hydrogen-bond donors (Lipinski definition) is 0. The van der Waals surface area contributed by atoms with Gasteiger partial charge in [0, 0.05) is 18.1 Å². The van der Waals surface area contributed by atoms with E-state index in [1.165, 1.54) is 5.56 Å². The minimum atomic E-state index is -0.224. The van der Waals surface area contributed by atoms with E-state index in [-0.39, 0.29) is 17.3 Å². The molecule has 1 heterocycles. The first-order chi connectivity index (χ1) is 14.1. The summed E-state index contributed by atoms with van der Waals surface area (Å²) in [5.74, 6) is 0.483. The molecule has 4 heteroatoms. The van der Waals surface area contributed by atoms with E-state index in [4.69, 9.17) is 9.84 Å². The summed E-state index contributed by atoms with van der Waals surface area (Å²) in [7, 11) is 0. The molecule has 0 amide bonds. The lowest BCUT2D eigenvalue weighted by Gasteiger charge is -2.22. The van der Waals surface area contributed by atoms with Crippen LogP contribution in [0.25, 0.3) is 16.9 Å². The highest BCUT2D eigenvalue weighted by molar-refractivity contribution is 5.73. The maximum absolute atomic E-state index is 12.7. The van der Waals surface area contributed by atoms with Crippen molar-refractivity contribution in [2.45, 2.75) is 54.4 Å². The quantitative estimate of drug-likeness (QED) is 0.439. The first-order valence-electron chi connectivity index (χ1n) is 10.6. The molecule has 0 fully saturated rings. The van der Waals surface area contributed by atoms with Crippen LogP contribution in [0.1, 0.15) is 51.7 Å². The largest absolute Gasteiger partial charge is 0.407 e. The molecule has 1 atom stereocenters. The van der Waals surface area contributed by atoms with E-state index in [1.807, 2.05) is 48.5 Å². The third-order valence-corrected chi connectivity index (χ3v) is 5.24. The van der Waals surface area contributed by atoms with E-state index in [1.54, 1.807) is 4.68 Å². The predicted octanol–water partition coefficient (Wildman–Crippen LogP) is 6.52. The van der Waals surface area contributed by atoms with Crippen molar-refractivity contribution in [3.63, 3.8) is 0 Å². The minimum Gasteiger partial charge on any atom is -0.407 e. The van der Waals surface area contributed by atoms with Gasteiger partial charge in [0.2, 0.25) is 5.88 Å². The van der Waals surface area contributed by atoms with Gasteiger partial charge in [-0.2, -0.15) is 9.78 Å². The standard InChI is InChI=1S/C26H32N2O2/c1-18(17-26(4,5)6)15-25(29)30-24-16-22(21-12-8-7-9-13-21)27-28(24)23-14-10-11-19(2)20(23)3/h7-14,16,18H,15,17H2,1-6H3/t18-/m0/s1. The van der Waals surface area contributed by atoms with Crippen LogP contribution in [0.15, 0.2) is 54.6 Å². The van der Waals surface area contributed by atoms with Crippen LogP contribution in [0.4, 0.5) is 0 Å². The first kappa shape index (κ1) is 21.8. The summed E-state index contributed by atoms with van der Waals surface area (Å²) < 4.78 is 7.59. The Morgan fingerprint density at radius 3 is 2.43 bits per heavy atom. The highest BCUT2D eigenvalue weighted by Crippen LogP contribution is 2.30. The van der Waals surface area contributed by atoms with Gasteiger partial charge in [-0.15, -0.1) is 0 Å². The Kier molecular flexibility index (Phi) is 6.45. The van der Waals surface area contributed by atoms with Crippen molar-refractivity contribution in [2.75, 3.05) is 0 Å². The van der Waals surface area contributed by atoms with Gasteiger partial charge in [0.1, 0.15) is 0 Å². The maximum Gasteiger partial charge on any atom is 0.312 e. The minimum absolute atomic E-state index is 0.181. The number of rotatable bonds is 6. The topological polar surface area (TPSA) is 44.1 Å². The Balaban J connectivity index is 1.93. The Hall–Kier alpha value is -2.88. The van der Waals surface area contributed by atoms with Crippen molar-refractivity contribution in [1.29, 1.82) is 0 Å². The molecule has 1 aromatic heterocycles. The fourth-order valence-corrected chi connectivity index (χ4v) is 3.88. The predicted molar refractivity (Wildman–Crippen MR) is 122 cm³/mol. The SMILES string of the molecule is Cc1cccc(-n2nc(-c3ccccc3)cc2OC(=O)C[C@H](C)CC(C)(C)C)c1C. The Morgan fingerprint density at radius 2 is 1.77 bits per heavy atom. The average Bonchev–Trinajstić information content (AvgIpc) is 3.06. The summed E-state index contributed by atoms with van der Waals surface area (Å²) >= 11 is 0. The number of aromatic nitrogens is 2. The summed E-state index contributed by atoms with van der Waals surface area (Å²) in [6, 6.07) is 17.9. The number of benzene rings is 2. The van der Waals surface area contributed by atoms with Crippen molar-refractivity contribution < 1.29 is 9.53 Å². The van der Waals surface area contributed by atoms with Crippen LogP contribution in [0.5, 0.6) is 5.88 Å². The van der Waals surface area contributed by atoms with Crippen molar-refractivity contribution in [3.8, 4) is 22.8 Å². The summed E-state index contributed by atoms with van der Waals surface area (Å²) in [6.07, 6.45) is 1.35. The molecule has 0 unspecified atom stereocenters. The fourth-order valence-electron chi connectivity index (χ4n) is 3.88. The molecular formula is C26H32N2O2. The molecule has 0 saturated heterocycles. The number of nitrogens with zero attached hydrogens (tertiary/aromatic N) is 2. The molecule has 3 rings (SSSR count). The molecule has 0 aliphatic heterocycles. The normalized spacial score (nSPS) is 12.6. The Morgan fingerprint density at radius 1 is 1.07 bits per heavy atom. The molecule has 0 saturated carbocycles. The number of hydrogen-bond acceptors (Lipinski definition) is 3. The smallest absolute Gasteiger partial charge is 0.312 e. The molecule has 4 nitrogen and oxygen atoms in total. The van der Waals surface area contributed by atoms with E-state index in [2.05, 4.69) is 47.6 Å². The first-order valence-corrected chi connectivity index (χ1v) is 10.6. The second-order valence-corrected chi connectivity index (χ2v) is 9.41. The number of aryl methyl sites for hydroxylation is 1. The zero-order chi connectivity index (χ0) is 21.9. The summed E-state index contributed by atoms with van der Waals surface area (Å²) in [6.45, 7) is 12.8. The number of esters is 1. The van der Waals surface area contributed by atoms with Gasteiger partial charge < -0.3 is 4.74 Å². The lowest BCUT2D eigenvalue weighted by Crippen LogP contribution is -2.18. The van der Waals surface area contributed by atoms with Crippen LogP contribution in [0.2, 0.25) is 0 Å². The summed E-state index contributed by atoms with van der Waals surface area (Å²) in [4.78, 5) is 12.7. The van der Waals surface area contributed by atoms with Gasteiger partial charge in [-0.1, -0.05) is 70.2 Å². The van der Waals surface area contributed by atoms with Gasteiger partial charge in [0.15, 0.2) is 0 Å². The number of ether oxygens (including phenoxy) is 1. The van der Waals surface area contributed by atoms with E-state index in [9.17, 15) is 4.79 Å². The zero-order valence-electron chi connectivity index (χ0n) is 18.9. The Labute approximate surface area is 179 Å². The maximum atomic E-state index is 12.7. The van der Waals surface area contributed by atoms with Crippen molar-refractivity contribution in [2.24, 2.45) is 11.3 Å². The zero-order valence-corrected chi connectivity index (χ0v) is 18.9. The molecule has 0 aliphatic rings. The van der Waals surface area contributed by atoms with Gasteiger partial charge >= 0.3 is 5.97 Å². The van der Waals surface area contributed by atoms with E-state index < -0.39 is 0 Å². The van der Waals surface area contributed by atoms with Gasteiger partial charge in [-0.3, -0.25) is 4.79 Å². The van der Waals surface area contributed by atoms with Crippen LogP contribution < -0.4 is 4.74 Å². The lowest BCUT2D eigenvalue weighted by atomic mass is 9.84. The third kappa shape index (κ3) is 5.38. The van der Waals surface area contributed by atoms with E-state index in [0.717, 1.165) is 28.9 Å². The number of carbonyl (C=O) groups is 1. The fraction of sp³-hybridized carbons (Fsp3) is 0.385. The van der Waals surface area contributed by atoms with Crippen molar-refractivity contribution >= 4 is 5.97 Å². The molecule has 0 bridgehead atoms. The van der Waals surface area contributed by atoms with E-state index >= 15 is 0 Å². The second-order valence-electron chi connectivity index (χ2n) is 9.41. The Bertz CT molecular complexity index is 1010. The molecule has 0 aliphatic carbocycles. The summed E-state index contributed by atoms with van der Waals surface area (Å²) in [5, 5.41) is 4.78. The average molecular weight is 405 g/mol. The second kappa shape index (κ2) is 8.86. The molecule has 2 aromatic carbocycles. The summed E-state index contributed by atoms with van der Waals surface area (Å²) in [5.41, 5.74) is 5.14. The third-order valence-electron chi connectivity index (χ3n) is 5.24. The monoisotopic (exact) mass is 404 g/mol.